The normalized spacial score (nSPS) is 27.1. The Morgan fingerprint density at radius 1 is 1.16 bits per heavy atom. The van der Waals surface area contributed by atoms with E-state index in [0.29, 0.717) is 12.5 Å². The molecule has 3 aliphatic rings. The summed E-state index contributed by atoms with van der Waals surface area (Å²) in [5.74, 6) is -0.497. The largest absolute Gasteiger partial charge is 0.494 e. The summed E-state index contributed by atoms with van der Waals surface area (Å²) in [6.07, 6.45) is 11.4. The molecule has 3 heteroatoms. The Kier molecular flexibility index (Phi) is 3.64. The molecule has 0 unspecified atom stereocenters. The van der Waals surface area contributed by atoms with Gasteiger partial charge in [0.2, 0.25) is 5.92 Å². The number of allylic oxidation sites excluding steroid dienone is 3. The van der Waals surface area contributed by atoms with Crippen molar-refractivity contribution in [3.8, 4) is 0 Å². The highest BCUT2D eigenvalue weighted by molar-refractivity contribution is 5.32. The fraction of sp³-hybridized carbons (Fsp3) is 0.750. The van der Waals surface area contributed by atoms with Crippen molar-refractivity contribution < 1.29 is 13.5 Å². The van der Waals surface area contributed by atoms with E-state index in [9.17, 15) is 8.78 Å². The van der Waals surface area contributed by atoms with Crippen LogP contribution in [0.2, 0.25) is 0 Å². The predicted octanol–water partition coefficient (Wildman–Crippen LogP) is 4.84. The Morgan fingerprint density at radius 2 is 1.89 bits per heavy atom. The van der Waals surface area contributed by atoms with Gasteiger partial charge in [-0.25, -0.2) is 8.78 Å². The maximum atomic E-state index is 12.7. The Morgan fingerprint density at radius 3 is 2.53 bits per heavy atom. The van der Waals surface area contributed by atoms with Crippen LogP contribution in [0.1, 0.15) is 51.4 Å². The Balaban J connectivity index is 1.44. The first-order valence-electron chi connectivity index (χ1n) is 7.55. The topological polar surface area (TPSA) is 9.23 Å². The minimum atomic E-state index is -2.40. The highest BCUT2D eigenvalue weighted by atomic mass is 19.3. The molecule has 2 saturated carbocycles. The molecule has 0 atom stereocenters. The van der Waals surface area contributed by atoms with E-state index in [1.807, 2.05) is 0 Å². The van der Waals surface area contributed by atoms with Gasteiger partial charge in [0, 0.05) is 12.8 Å². The molecule has 0 aromatic rings. The van der Waals surface area contributed by atoms with Crippen LogP contribution < -0.4 is 0 Å². The molecule has 1 nitrogen and oxygen atoms in total. The minimum absolute atomic E-state index is 0.0563. The van der Waals surface area contributed by atoms with Crippen molar-refractivity contribution in [3.63, 3.8) is 0 Å². The van der Waals surface area contributed by atoms with Crippen LogP contribution in [0.5, 0.6) is 0 Å². The molecule has 0 bridgehead atoms. The van der Waals surface area contributed by atoms with Crippen LogP contribution in [0, 0.1) is 11.8 Å². The van der Waals surface area contributed by atoms with Crippen LogP contribution in [-0.2, 0) is 4.74 Å². The standard InChI is InChI=1S/C16H22F2O/c17-16(18)10-12(11-16)8-9-19-15-7-2-1-6-14(15)13-4-3-5-13/h6-7,12-13H,1-5,8-11H2. The molecule has 0 aromatic carbocycles. The lowest BCUT2D eigenvalue weighted by molar-refractivity contribution is -0.114. The maximum absolute atomic E-state index is 12.7. The average molecular weight is 268 g/mol. The second kappa shape index (κ2) is 5.26. The lowest BCUT2D eigenvalue weighted by atomic mass is 9.77. The first-order chi connectivity index (χ1) is 9.14. The summed E-state index contributed by atoms with van der Waals surface area (Å²) in [6, 6.07) is 0. The van der Waals surface area contributed by atoms with E-state index in [1.165, 1.54) is 24.8 Å². The molecule has 0 aliphatic heterocycles. The number of hydrogen-bond donors (Lipinski definition) is 0. The summed E-state index contributed by atoms with van der Waals surface area (Å²) in [4.78, 5) is 0. The van der Waals surface area contributed by atoms with Crippen LogP contribution in [0.15, 0.2) is 23.5 Å². The predicted molar refractivity (Wildman–Crippen MR) is 71.0 cm³/mol. The second-order valence-corrected chi connectivity index (χ2v) is 6.20. The van der Waals surface area contributed by atoms with Crippen molar-refractivity contribution >= 4 is 0 Å². The van der Waals surface area contributed by atoms with E-state index in [2.05, 4.69) is 12.2 Å². The summed E-state index contributed by atoms with van der Waals surface area (Å²) in [7, 11) is 0. The fourth-order valence-corrected chi connectivity index (χ4v) is 3.23. The van der Waals surface area contributed by atoms with Crippen molar-refractivity contribution in [1.82, 2.24) is 0 Å². The first kappa shape index (κ1) is 13.1. The van der Waals surface area contributed by atoms with Gasteiger partial charge in [-0.05, 0) is 55.6 Å². The number of halogens is 2. The third-order valence-electron chi connectivity index (χ3n) is 4.65. The van der Waals surface area contributed by atoms with E-state index in [-0.39, 0.29) is 18.8 Å². The molecule has 0 heterocycles. The average Bonchev–Trinajstić information content (AvgIpc) is 2.26. The Hall–Kier alpha value is -0.860. The zero-order valence-electron chi connectivity index (χ0n) is 11.3. The molecule has 0 saturated heterocycles. The fourth-order valence-electron chi connectivity index (χ4n) is 3.23. The van der Waals surface area contributed by atoms with Gasteiger partial charge in [-0.3, -0.25) is 0 Å². The molecule has 0 spiro atoms. The van der Waals surface area contributed by atoms with Gasteiger partial charge in [0.05, 0.1) is 6.61 Å². The monoisotopic (exact) mass is 268 g/mol. The number of ether oxygens (including phenoxy) is 1. The highest BCUT2D eigenvalue weighted by Crippen LogP contribution is 2.44. The summed E-state index contributed by atoms with van der Waals surface area (Å²) in [5, 5.41) is 0. The van der Waals surface area contributed by atoms with E-state index in [1.54, 1.807) is 0 Å². The molecule has 0 N–H and O–H groups in total. The summed E-state index contributed by atoms with van der Waals surface area (Å²) >= 11 is 0. The second-order valence-electron chi connectivity index (χ2n) is 6.20. The van der Waals surface area contributed by atoms with E-state index < -0.39 is 5.92 Å². The summed E-state index contributed by atoms with van der Waals surface area (Å²) < 4.78 is 31.3. The van der Waals surface area contributed by atoms with Gasteiger partial charge in [0.25, 0.3) is 0 Å². The molecular weight excluding hydrogens is 246 g/mol. The summed E-state index contributed by atoms with van der Waals surface area (Å²) in [6.45, 7) is 0.594. The zero-order chi connectivity index (χ0) is 13.3. The Bertz CT molecular complexity index is 386. The third-order valence-corrected chi connectivity index (χ3v) is 4.65. The summed E-state index contributed by atoms with van der Waals surface area (Å²) in [5.41, 5.74) is 1.39. The van der Waals surface area contributed by atoms with Crippen LogP contribution in [0.3, 0.4) is 0 Å². The number of alkyl halides is 2. The maximum Gasteiger partial charge on any atom is 0.248 e. The first-order valence-corrected chi connectivity index (χ1v) is 7.55. The van der Waals surface area contributed by atoms with Gasteiger partial charge in [-0.2, -0.15) is 0 Å². The number of hydrogen-bond acceptors (Lipinski definition) is 1. The molecule has 3 rings (SSSR count). The molecule has 106 valence electrons. The molecule has 0 radical (unpaired) electrons. The van der Waals surface area contributed by atoms with Crippen molar-refractivity contribution in [2.45, 2.75) is 57.3 Å². The smallest absolute Gasteiger partial charge is 0.248 e. The zero-order valence-corrected chi connectivity index (χ0v) is 11.3. The van der Waals surface area contributed by atoms with Crippen molar-refractivity contribution in [2.24, 2.45) is 11.8 Å². The SMILES string of the molecule is FC1(F)CC(CCOC2=CCCC=C2C2CCC2)C1. The van der Waals surface area contributed by atoms with E-state index in [4.69, 9.17) is 4.74 Å². The number of rotatable bonds is 5. The highest BCUT2D eigenvalue weighted by Gasteiger charge is 2.44. The third kappa shape index (κ3) is 3.01. The van der Waals surface area contributed by atoms with Gasteiger partial charge in [0.1, 0.15) is 5.76 Å². The molecule has 0 amide bonds. The molecular formula is C16H22F2O. The van der Waals surface area contributed by atoms with Gasteiger partial charge < -0.3 is 4.74 Å². The van der Waals surface area contributed by atoms with Gasteiger partial charge >= 0.3 is 0 Å². The van der Waals surface area contributed by atoms with Crippen LogP contribution in [-0.4, -0.2) is 12.5 Å². The van der Waals surface area contributed by atoms with Crippen molar-refractivity contribution in [2.75, 3.05) is 6.61 Å². The van der Waals surface area contributed by atoms with Crippen molar-refractivity contribution in [1.29, 1.82) is 0 Å². The van der Waals surface area contributed by atoms with Gasteiger partial charge in [-0.1, -0.05) is 12.5 Å². The minimum Gasteiger partial charge on any atom is -0.494 e. The quantitative estimate of drug-likeness (QED) is 0.693. The Labute approximate surface area is 113 Å². The molecule has 2 fully saturated rings. The van der Waals surface area contributed by atoms with Crippen molar-refractivity contribution in [3.05, 3.63) is 23.5 Å². The van der Waals surface area contributed by atoms with Crippen LogP contribution >= 0.6 is 0 Å². The lowest BCUT2D eigenvalue weighted by Crippen LogP contribution is -2.35. The van der Waals surface area contributed by atoms with E-state index in [0.717, 1.165) is 25.0 Å². The van der Waals surface area contributed by atoms with Crippen LogP contribution in [0.25, 0.3) is 0 Å². The molecule has 19 heavy (non-hydrogen) atoms. The molecule has 3 aliphatic carbocycles. The van der Waals surface area contributed by atoms with Crippen LogP contribution in [0.4, 0.5) is 8.78 Å². The van der Waals surface area contributed by atoms with Gasteiger partial charge in [0.15, 0.2) is 0 Å². The van der Waals surface area contributed by atoms with Gasteiger partial charge in [-0.15, -0.1) is 0 Å². The molecule has 0 aromatic heterocycles. The lowest BCUT2D eigenvalue weighted by Gasteiger charge is -2.35. The van der Waals surface area contributed by atoms with E-state index >= 15 is 0 Å².